The number of anilines is 1. The van der Waals surface area contributed by atoms with Crippen LogP contribution in [0.2, 0.25) is 0 Å². The zero-order valence-corrected chi connectivity index (χ0v) is 17.6. The lowest BCUT2D eigenvalue weighted by atomic mass is 10.1. The first-order chi connectivity index (χ1) is 13.1. The van der Waals surface area contributed by atoms with E-state index in [-0.39, 0.29) is 49.6 Å². The van der Waals surface area contributed by atoms with Crippen molar-refractivity contribution in [2.45, 2.75) is 12.5 Å². The summed E-state index contributed by atoms with van der Waals surface area (Å²) in [7, 11) is 0. The summed E-state index contributed by atoms with van der Waals surface area (Å²) in [5.41, 5.74) is 6.69. The third kappa shape index (κ3) is 6.85. The van der Waals surface area contributed by atoms with Crippen LogP contribution in [0.15, 0.2) is 48.8 Å². The SMILES string of the molecule is Cl.Cl.NC(C(=O)NCCC(=O)N1CCN(c2ncccn2)CC1)c1ccccc1. The number of piperazine rings is 1. The number of hydrogen-bond acceptors (Lipinski definition) is 6. The van der Waals surface area contributed by atoms with E-state index in [1.54, 1.807) is 18.5 Å². The van der Waals surface area contributed by atoms with Gasteiger partial charge in [-0.25, -0.2) is 9.97 Å². The minimum atomic E-state index is -0.726. The molecule has 0 saturated carbocycles. The lowest BCUT2D eigenvalue weighted by Crippen LogP contribution is -2.49. The van der Waals surface area contributed by atoms with Gasteiger partial charge in [0.15, 0.2) is 0 Å². The van der Waals surface area contributed by atoms with E-state index in [9.17, 15) is 9.59 Å². The van der Waals surface area contributed by atoms with Gasteiger partial charge in [0.05, 0.1) is 0 Å². The Labute approximate surface area is 182 Å². The summed E-state index contributed by atoms with van der Waals surface area (Å²) in [6.07, 6.45) is 3.68. The number of carbonyl (C=O) groups is 2. The molecule has 2 amide bonds. The Bertz CT molecular complexity index is 758. The zero-order valence-electron chi connectivity index (χ0n) is 15.9. The Balaban J connectivity index is 0.00000210. The van der Waals surface area contributed by atoms with Crippen LogP contribution in [0.4, 0.5) is 5.95 Å². The van der Waals surface area contributed by atoms with Crippen molar-refractivity contribution in [3.8, 4) is 0 Å². The Kier molecular flexibility index (Phi) is 10.4. The van der Waals surface area contributed by atoms with E-state index in [2.05, 4.69) is 20.2 Å². The number of nitrogens with two attached hydrogens (primary N) is 1. The number of carbonyl (C=O) groups excluding carboxylic acids is 2. The average molecular weight is 441 g/mol. The minimum absolute atomic E-state index is 0. The molecule has 1 aliphatic heterocycles. The van der Waals surface area contributed by atoms with E-state index in [1.165, 1.54) is 0 Å². The van der Waals surface area contributed by atoms with E-state index >= 15 is 0 Å². The third-order valence-corrected chi connectivity index (χ3v) is 4.55. The van der Waals surface area contributed by atoms with Crippen LogP contribution in [0.5, 0.6) is 0 Å². The summed E-state index contributed by atoms with van der Waals surface area (Å²) < 4.78 is 0. The minimum Gasteiger partial charge on any atom is -0.354 e. The highest BCUT2D eigenvalue weighted by atomic mass is 35.5. The van der Waals surface area contributed by atoms with E-state index in [1.807, 2.05) is 35.2 Å². The van der Waals surface area contributed by atoms with Gasteiger partial charge in [0.1, 0.15) is 6.04 Å². The van der Waals surface area contributed by atoms with E-state index in [0.29, 0.717) is 32.1 Å². The molecule has 1 saturated heterocycles. The number of nitrogens with zero attached hydrogens (tertiary/aromatic N) is 4. The molecule has 29 heavy (non-hydrogen) atoms. The fourth-order valence-corrected chi connectivity index (χ4v) is 2.98. The van der Waals surface area contributed by atoms with Gasteiger partial charge in [-0.3, -0.25) is 9.59 Å². The van der Waals surface area contributed by atoms with Crippen LogP contribution in [0, 0.1) is 0 Å². The van der Waals surface area contributed by atoms with Crippen molar-refractivity contribution in [1.82, 2.24) is 20.2 Å². The smallest absolute Gasteiger partial charge is 0.241 e. The fourth-order valence-electron chi connectivity index (χ4n) is 2.98. The van der Waals surface area contributed by atoms with Gasteiger partial charge in [0.25, 0.3) is 0 Å². The molecule has 1 aromatic carbocycles. The molecule has 1 atom stereocenters. The lowest BCUT2D eigenvalue weighted by molar-refractivity contribution is -0.131. The molecular formula is C19H26Cl2N6O2. The van der Waals surface area contributed by atoms with Crippen LogP contribution < -0.4 is 16.0 Å². The Morgan fingerprint density at radius 3 is 2.24 bits per heavy atom. The molecule has 2 heterocycles. The van der Waals surface area contributed by atoms with Crippen molar-refractivity contribution >= 4 is 42.6 Å². The summed E-state index contributed by atoms with van der Waals surface area (Å²) in [5, 5.41) is 2.74. The van der Waals surface area contributed by atoms with Crippen LogP contribution in [-0.4, -0.2) is 59.4 Å². The van der Waals surface area contributed by atoms with Gasteiger partial charge in [-0.1, -0.05) is 30.3 Å². The maximum atomic E-state index is 12.4. The Morgan fingerprint density at radius 1 is 1.00 bits per heavy atom. The highest BCUT2D eigenvalue weighted by Gasteiger charge is 2.22. The molecule has 1 unspecified atom stereocenters. The second kappa shape index (κ2) is 12.2. The number of nitrogens with one attached hydrogen (secondary N) is 1. The highest BCUT2D eigenvalue weighted by molar-refractivity contribution is 5.85. The number of rotatable bonds is 6. The van der Waals surface area contributed by atoms with Crippen molar-refractivity contribution in [2.75, 3.05) is 37.6 Å². The number of hydrogen-bond donors (Lipinski definition) is 2. The standard InChI is InChI=1S/C19H24N6O2.2ClH/c20-17(15-5-2-1-3-6-15)18(27)21-10-7-16(26)24-11-13-25(14-12-24)19-22-8-4-9-23-19;;/h1-6,8-9,17H,7,10-14,20H2,(H,21,27);2*1H. The van der Waals surface area contributed by atoms with Crippen LogP contribution in [0.3, 0.4) is 0 Å². The normalized spacial score (nSPS) is 14.2. The topological polar surface area (TPSA) is 104 Å². The zero-order chi connectivity index (χ0) is 19.1. The summed E-state index contributed by atoms with van der Waals surface area (Å²) in [6, 6.07) is 10.2. The summed E-state index contributed by atoms with van der Waals surface area (Å²) in [5.74, 6) is 0.434. The first kappa shape index (κ1) is 24.6. The number of aromatic nitrogens is 2. The first-order valence-corrected chi connectivity index (χ1v) is 9.03. The molecule has 158 valence electrons. The van der Waals surface area contributed by atoms with Gasteiger partial charge in [-0.05, 0) is 11.6 Å². The lowest BCUT2D eigenvalue weighted by Gasteiger charge is -2.34. The fraction of sp³-hybridized carbons (Fsp3) is 0.368. The van der Waals surface area contributed by atoms with Gasteiger partial charge >= 0.3 is 0 Å². The maximum absolute atomic E-state index is 12.4. The van der Waals surface area contributed by atoms with Crippen molar-refractivity contribution in [3.63, 3.8) is 0 Å². The predicted molar refractivity (Wildman–Crippen MR) is 116 cm³/mol. The van der Waals surface area contributed by atoms with Gasteiger partial charge in [0.2, 0.25) is 17.8 Å². The molecule has 0 bridgehead atoms. The van der Waals surface area contributed by atoms with Gasteiger partial charge in [0, 0.05) is 51.5 Å². The maximum Gasteiger partial charge on any atom is 0.241 e. The molecule has 1 fully saturated rings. The highest BCUT2D eigenvalue weighted by Crippen LogP contribution is 2.11. The average Bonchev–Trinajstić information content (AvgIpc) is 2.74. The van der Waals surface area contributed by atoms with Crippen LogP contribution in [0.25, 0.3) is 0 Å². The monoisotopic (exact) mass is 440 g/mol. The number of benzene rings is 1. The summed E-state index contributed by atoms with van der Waals surface area (Å²) in [6.45, 7) is 2.91. The molecule has 0 radical (unpaired) electrons. The molecule has 2 aromatic rings. The molecule has 1 aliphatic rings. The van der Waals surface area contributed by atoms with Gasteiger partial charge in [-0.15, -0.1) is 24.8 Å². The molecule has 0 spiro atoms. The van der Waals surface area contributed by atoms with Crippen LogP contribution in [0.1, 0.15) is 18.0 Å². The third-order valence-electron chi connectivity index (χ3n) is 4.55. The van der Waals surface area contributed by atoms with Gasteiger partial charge in [-0.2, -0.15) is 0 Å². The number of halogens is 2. The van der Waals surface area contributed by atoms with E-state index in [0.717, 1.165) is 5.56 Å². The molecule has 1 aromatic heterocycles. The molecule has 0 aliphatic carbocycles. The van der Waals surface area contributed by atoms with E-state index in [4.69, 9.17) is 5.73 Å². The Morgan fingerprint density at radius 2 is 1.62 bits per heavy atom. The Hall–Kier alpha value is -2.42. The molecule has 3 N–H and O–H groups in total. The molecule has 8 nitrogen and oxygen atoms in total. The largest absolute Gasteiger partial charge is 0.354 e. The van der Waals surface area contributed by atoms with E-state index < -0.39 is 6.04 Å². The van der Waals surface area contributed by atoms with Crippen molar-refractivity contribution in [2.24, 2.45) is 5.73 Å². The van der Waals surface area contributed by atoms with Crippen molar-refractivity contribution in [3.05, 3.63) is 54.4 Å². The predicted octanol–water partition coefficient (Wildman–Crippen LogP) is 1.18. The van der Waals surface area contributed by atoms with Crippen LogP contribution >= 0.6 is 24.8 Å². The van der Waals surface area contributed by atoms with Crippen LogP contribution in [-0.2, 0) is 9.59 Å². The molecule has 3 rings (SSSR count). The molecular weight excluding hydrogens is 415 g/mol. The second-order valence-corrected chi connectivity index (χ2v) is 6.35. The quantitative estimate of drug-likeness (QED) is 0.698. The first-order valence-electron chi connectivity index (χ1n) is 9.03. The number of amides is 2. The van der Waals surface area contributed by atoms with Gasteiger partial charge < -0.3 is 20.9 Å². The van der Waals surface area contributed by atoms with Crippen molar-refractivity contribution in [1.29, 1.82) is 0 Å². The summed E-state index contributed by atoms with van der Waals surface area (Å²) >= 11 is 0. The summed E-state index contributed by atoms with van der Waals surface area (Å²) in [4.78, 5) is 36.8. The van der Waals surface area contributed by atoms with Crippen molar-refractivity contribution < 1.29 is 9.59 Å². The molecule has 10 heteroatoms. The second-order valence-electron chi connectivity index (χ2n) is 6.35.